The molecule has 122 valence electrons. The van der Waals surface area contributed by atoms with E-state index in [-0.39, 0.29) is 17.7 Å². The highest BCUT2D eigenvalue weighted by Gasteiger charge is 2.27. The number of halogens is 2. The summed E-state index contributed by atoms with van der Waals surface area (Å²) in [5, 5.41) is 2.87. The molecule has 0 aliphatic carbocycles. The van der Waals surface area contributed by atoms with Crippen molar-refractivity contribution in [3.05, 3.63) is 34.1 Å². The van der Waals surface area contributed by atoms with Gasteiger partial charge in [0, 0.05) is 23.6 Å². The number of nitrogens with one attached hydrogen (secondary N) is 1. The Hall–Kier alpha value is -0.990. The van der Waals surface area contributed by atoms with Crippen LogP contribution in [-0.4, -0.2) is 43.5 Å². The predicted molar refractivity (Wildman–Crippen MR) is 85.6 cm³/mol. The molecule has 0 unspecified atom stereocenters. The highest BCUT2D eigenvalue weighted by atomic mass is 79.9. The molecule has 0 spiro atoms. The first-order valence-corrected chi connectivity index (χ1v) is 9.47. The van der Waals surface area contributed by atoms with Crippen molar-refractivity contribution in [2.75, 3.05) is 18.8 Å². The smallest absolute Gasteiger partial charge is 0.252 e. The Kier molecular flexibility index (Phi) is 5.57. The Morgan fingerprint density at radius 1 is 1.41 bits per heavy atom. The highest BCUT2D eigenvalue weighted by Crippen LogP contribution is 2.19. The van der Waals surface area contributed by atoms with Crippen LogP contribution in [0.5, 0.6) is 0 Å². The van der Waals surface area contributed by atoms with Gasteiger partial charge in [-0.2, -0.15) is 0 Å². The van der Waals surface area contributed by atoms with E-state index in [0.717, 1.165) is 0 Å². The molecular weight excluding hydrogens is 375 g/mol. The van der Waals surface area contributed by atoms with E-state index in [1.54, 1.807) is 6.92 Å². The molecule has 1 amide bonds. The summed E-state index contributed by atoms with van der Waals surface area (Å²) < 4.78 is 38.5. The lowest BCUT2D eigenvalue weighted by Gasteiger charge is -2.31. The van der Waals surface area contributed by atoms with Crippen LogP contribution >= 0.6 is 15.9 Å². The Morgan fingerprint density at radius 2 is 2.05 bits per heavy atom. The first kappa shape index (κ1) is 17.4. The van der Waals surface area contributed by atoms with Gasteiger partial charge in [0.1, 0.15) is 5.82 Å². The summed E-state index contributed by atoms with van der Waals surface area (Å²) in [5.41, 5.74) is 0.366. The second kappa shape index (κ2) is 7.06. The SMILES string of the molecule is CCS(=O)(=O)N1CCC(NC(=O)c2ccc(F)cc2Br)CC1. The molecule has 1 aliphatic rings. The third-order valence-corrected chi connectivity index (χ3v) is 6.26. The van der Waals surface area contributed by atoms with Gasteiger partial charge in [0.05, 0.1) is 11.3 Å². The zero-order valence-electron chi connectivity index (χ0n) is 12.2. The fourth-order valence-corrected chi connectivity index (χ4v) is 4.06. The average Bonchev–Trinajstić information content (AvgIpc) is 2.47. The minimum atomic E-state index is -3.17. The van der Waals surface area contributed by atoms with E-state index in [1.165, 1.54) is 22.5 Å². The van der Waals surface area contributed by atoms with Crippen LogP contribution in [-0.2, 0) is 10.0 Å². The van der Waals surface area contributed by atoms with Gasteiger partial charge in [-0.1, -0.05) is 0 Å². The van der Waals surface area contributed by atoms with Crippen LogP contribution in [0.1, 0.15) is 30.1 Å². The van der Waals surface area contributed by atoms with Crippen LogP contribution in [0.4, 0.5) is 4.39 Å². The van der Waals surface area contributed by atoms with Gasteiger partial charge in [-0.25, -0.2) is 17.1 Å². The lowest BCUT2D eigenvalue weighted by atomic mass is 10.1. The minimum absolute atomic E-state index is 0.0761. The molecule has 1 heterocycles. The summed E-state index contributed by atoms with van der Waals surface area (Å²) in [6.45, 7) is 2.44. The normalized spacial score (nSPS) is 17.4. The molecule has 1 aromatic carbocycles. The number of sulfonamides is 1. The zero-order valence-corrected chi connectivity index (χ0v) is 14.6. The number of hydrogen-bond acceptors (Lipinski definition) is 3. The number of carbonyl (C=O) groups excluding carboxylic acids is 1. The lowest BCUT2D eigenvalue weighted by molar-refractivity contribution is 0.0923. The first-order chi connectivity index (χ1) is 10.3. The fraction of sp³-hybridized carbons (Fsp3) is 0.500. The molecule has 5 nitrogen and oxygen atoms in total. The molecule has 0 atom stereocenters. The maximum Gasteiger partial charge on any atom is 0.252 e. The van der Waals surface area contributed by atoms with Gasteiger partial charge in [-0.15, -0.1) is 0 Å². The van der Waals surface area contributed by atoms with Crippen LogP contribution in [0.3, 0.4) is 0 Å². The average molecular weight is 393 g/mol. The van der Waals surface area contributed by atoms with E-state index in [0.29, 0.717) is 36.0 Å². The number of hydrogen-bond donors (Lipinski definition) is 1. The second-order valence-corrected chi connectivity index (χ2v) is 8.28. The molecule has 2 rings (SSSR count). The molecule has 0 aromatic heterocycles. The molecule has 1 saturated heterocycles. The number of rotatable bonds is 4. The van der Waals surface area contributed by atoms with Crippen molar-refractivity contribution in [3.63, 3.8) is 0 Å². The van der Waals surface area contributed by atoms with E-state index in [4.69, 9.17) is 0 Å². The Morgan fingerprint density at radius 3 is 2.59 bits per heavy atom. The maximum atomic E-state index is 13.0. The highest BCUT2D eigenvalue weighted by molar-refractivity contribution is 9.10. The van der Waals surface area contributed by atoms with Crippen LogP contribution < -0.4 is 5.32 Å². The minimum Gasteiger partial charge on any atom is -0.349 e. The van der Waals surface area contributed by atoms with Crippen molar-refractivity contribution in [1.29, 1.82) is 0 Å². The quantitative estimate of drug-likeness (QED) is 0.853. The number of piperidine rings is 1. The van der Waals surface area contributed by atoms with Gasteiger partial charge in [0.2, 0.25) is 10.0 Å². The molecule has 8 heteroatoms. The van der Waals surface area contributed by atoms with Gasteiger partial charge >= 0.3 is 0 Å². The van der Waals surface area contributed by atoms with Gasteiger partial charge < -0.3 is 5.32 Å². The molecule has 22 heavy (non-hydrogen) atoms. The van der Waals surface area contributed by atoms with Gasteiger partial charge in [0.25, 0.3) is 5.91 Å². The van der Waals surface area contributed by atoms with Crippen molar-refractivity contribution >= 4 is 31.9 Å². The van der Waals surface area contributed by atoms with Crippen molar-refractivity contribution in [1.82, 2.24) is 9.62 Å². The van der Waals surface area contributed by atoms with Crippen LogP contribution in [0, 0.1) is 5.82 Å². The molecule has 1 N–H and O–H groups in total. The summed E-state index contributed by atoms with van der Waals surface area (Å²) in [5.74, 6) is -0.614. The van der Waals surface area contributed by atoms with Gasteiger partial charge in [-0.3, -0.25) is 4.79 Å². The topological polar surface area (TPSA) is 66.5 Å². The lowest BCUT2D eigenvalue weighted by Crippen LogP contribution is -2.46. The fourth-order valence-electron chi connectivity index (χ4n) is 2.40. The van der Waals surface area contributed by atoms with Crippen LogP contribution in [0.25, 0.3) is 0 Å². The van der Waals surface area contributed by atoms with Gasteiger partial charge in [0.15, 0.2) is 0 Å². The Labute approximate surface area is 138 Å². The first-order valence-electron chi connectivity index (χ1n) is 7.07. The van der Waals surface area contributed by atoms with Crippen molar-refractivity contribution < 1.29 is 17.6 Å². The van der Waals surface area contributed by atoms with Crippen LogP contribution in [0.2, 0.25) is 0 Å². The summed E-state index contributed by atoms with van der Waals surface area (Å²) in [7, 11) is -3.17. The zero-order chi connectivity index (χ0) is 16.3. The largest absolute Gasteiger partial charge is 0.349 e. The van der Waals surface area contributed by atoms with Crippen molar-refractivity contribution in [2.24, 2.45) is 0 Å². The monoisotopic (exact) mass is 392 g/mol. The van der Waals surface area contributed by atoms with E-state index in [1.807, 2.05) is 0 Å². The number of carbonyl (C=O) groups is 1. The molecular formula is C14H18BrFN2O3S. The van der Waals surface area contributed by atoms with Crippen molar-refractivity contribution in [3.8, 4) is 0 Å². The Balaban J connectivity index is 1.95. The van der Waals surface area contributed by atoms with Crippen LogP contribution in [0.15, 0.2) is 22.7 Å². The third-order valence-electron chi connectivity index (χ3n) is 3.72. The van der Waals surface area contributed by atoms with E-state index in [2.05, 4.69) is 21.2 Å². The van der Waals surface area contributed by atoms with E-state index < -0.39 is 15.8 Å². The Bertz CT molecular complexity index is 658. The molecule has 0 saturated carbocycles. The molecule has 0 bridgehead atoms. The van der Waals surface area contributed by atoms with Crippen molar-refractivity contribution in [2.45, 2.75) is 25.8 Å². The second-order valence-electron chi connectivity index (χ2n) is 5.17. The number of benzene rings is 1. The molecule has 1 fully saturated rings. The summed E-state index contributed by atoms with van der Waals surface area (Å²) in [6.07, 6.45) is 1.15. The van der Waals surface area contributed by atoms with E-state index >= 15 is 0 Å². The standard InChI is InChI=1S/C14H18BrFN2O3S/c1-2-22(20,21)18-7-5-11(6-8-18)17-14(19)12-4-3-10(16)9-13(12)15/h3-4,9,11H,2,5-8H2,1H3,(H,17,19). The molecule has 1 aliphatic heterocycles. The number of amides is 1. The maximum absolute atomic E-state index is 13.0. The third kappa shape index (κ3) is 4.05. The predicted octanol–water partition coefficient (Wildman–Crippen LogP) is 2.13. The summed E-state index contributed by atoms with van der Waals surface area (Å²) in [4.78, 5) is 12.2. The van der Waals surface area contributed by atoms with E-state index in [9.17, 15) is 17.6 Å². The summed E-state index contributed by atoms with van der Waals surface area (Å²) >= 11 is 3.17. The molecule has 0 radical (unpaired) electrons. The summed E-state index contributed by atoms with van der Waals surface area (Å²) in [6, 6.07) is 3.82. The molecule has 1 aromatic rings. The van der Waals surface area contributed by atoms with Gasteiger partial charge in [-0.05, 0) is 53.9 Å². The number of nitrogens with zero attached hydrogens (tertiary/aromatic N) is 1.